The molecule has 17 heavy (non-hydrogen) atoms. The van der Waals surface area contributed by atoms with Gasteiger partial charge in [-0.05, 0) is 18.1 Å². The molecule has 0 aliphatic heterocycles. The predicted molar refractivity (Wildman–Crippen MR) is 66.7 cm³/mol. The molecule has 0 radical (unpaired) electrons. The highest BCUT2D eigenvalue weighted by atomic mass is 16.1. The molecule has 2 aromatic rings. The Hall–Kier alpha value is -2.10. The van der Waals surface area contributed by atoms with Gasteiger partial charge in [0.25, 0.3) is 0 Å². The lowest BCUT2D eigenvalue weighted by Gasteiger charge is -2.04. The fraction of sp³-hybridized carbons (Fsp3) is 0.231. The van der Waals surface area contributed by atoms with Gasteiger partial charge in [-0.15, -0.1) is 0 Å². The van der Waals surface area contributed by atoms with Crippen LogP contribution in [0.4, 0.5) is 5.69 Å². The maximum absolute atomic E-state index is 11.9. The van der Waals surface area contributed by atoms with Gasteiger partial charge < -0.3 is 10.3 Å². The zero-order valence-corrected chi connectivity index (χ0v) is 9.76. The van der Waals surface area contributed by atoms with Crippen LogP contribution in [-0.2, 0) is 13.5 Å². The number of aryl methyl sites for hydroxylation is 2. The maximum Gasteiger partial charge on any atom is 0.198 e. The molecule has 0 spiro atoms. The Morgan fingerprint density at radius 1 is 1.41 bits per heavy atom. The van der Waals surface area contributed by atoms with Gasteiger partial charge in [-0.3, -0.25) is 4.79 Å². The average Bonchev–Trinajstić information content (AvgIpc) is 2.74. The Balaban J connectivity index is 2.02. The topological polar surface area (TPSA) is 60.9 Å². The number of Topliss-reactive ketones (excluding diaryl/α,β-unsaturated/α-hetero) is 1. The quantitative estimate of drug-likeness (QED) is 0.642. The summed E-state index contributed by atoms with van der Waals surface area (Å²) in [7, 11) is 1.82. The van der Waals surface area contributed by atoms with Crippen LogP contribution in [0.25, 0.3) is 0 Å². The summed E-state index contributed by atoms with van der Waals surface area (Å²) in [5, 5.41) is 0. The lowest BCUT2D eigenvalue weighted by molar-refractivity contribution is 0.0970. The van der Waals surface area contributed by atoms with Crippen molar-refractivity contribution in [3.05, 3.63) is 48.0 Å². The Kier molecular flexibility index (Phi) is 3.23. The second-order valence-electron chi connectivity index (χ2n) is 3.98. The molecule has 1 aromatic heterocycles. The number of anilines is 1. The van der Waals surface area contributed by atoms with Gasteiger partial charge >= 0.3 is 0 Å². The number of benzene rings is 1. The molecular weight excluding hydrogens is 214 g/mol. The maximum atomic E-state index is 11.9. The van der Waals surface area contributed by atoms with E-state index in [1.165, 1.54) is 0 Å². The van der Waals surface area contributed by atoms with Crippen molar-refractivity contribution in [2.75, 3.05) is 5.73 Å². The first-order chi connectivity index (χ1) is 8.18. The summed E-state index contributed by atoms with van der Waals surface area (Å²) < 4.78 is 1.73. The number of rotatable bonds is 4. The van der Waals surface area contributed by atoms with E-state index in [1.807, 2.05) is 31.3 Å². The fourth-order valence-electron chi connectivity index (χ4n) is 1.76. The smallest absolute Gasteiger partial charge is 0.198 e. The molecule has 0 amide bonds. The SMILES string of the molecule is Cn1ccnc1C(=O)CCc1ccccc1N. The van der Waals surface area contributed by atoms with Crippen molar-refractivity contribution in [2.45, 2.75) is 12.8 Å². The van der Waals surface area contributed by atoms with Crippen molar-refractivity contribution in [1.82, 2.24) is 9.55 Å². The first kappa shape index (κ1) is 11.4. The zero-order valence-electron chi connectivity index (χ0n) is 9.76. The van der Waals surface area contributed by atoms with Crippen molar-refractivity contribution in [3.63, 3.8) is 0 Å². The molecule has 88 valence electrons. The number of para-hydroxylation sites is 1. The Bertz CT molecular complexity index is 531. The molecule has 4 nitrogen and oxygen atoms in total. The van der Waals surface area contributed by atoms with E-state index in [4.69, 9.17) is 5.73 Å². The van der Waals surface area contributed by atoms with E-state index in [0.29, 0.717) is 18.7 Å². The summed E-state index contributed by atoms with van der Waals surface area (Å²) in [6.07, 6.45) is 4.48. The highest BCUT2D eigenvalue weighted by molar-refractivity contribution is 5.92. The third-order valence-electron chi connectivity index (χ3n) is 2.75. The van der Waals surface area contributed by atoms with Crippen LogP contribution in [0.1, 0.15) is 22.6 Å². The van der Waals surface area contributed by atoms with E-state index >= 15 is 0 Å². The van der Waals surface area contributed by atoms with Crippen molar-refractivity contribution in [1.29, 1.82) is 0 Å². The van der Waals surface area contributed by atoms with Crippen LogP contribution in [-0.4, -0.2) is 15.3 Å². The average molecular weight is 229 g/mol. The molecule has 0 saturated carbocycles. The normalized spacial score (nSPS) is 10.4. The van der Waals surface area contributed by atoms with Crippen LogP contribution >= 0.6 is 0 Å². The molecule has 0 saturated heterocycles. The molecular formula is C13H15N3O. The molecule has 0 fully saturated rings. The van der Waals surface area contributed by atoms with Crippen molar-refractivity contribution >= 4 is 11.5 Å². The summed E-state index contributed by atoms with van der Waals surface area (Å²) in [5.74, 6) is 0.542. The zero-order chi connectivity index (χ0) is 12.3. The standard InChI is InChI=1S/C13H15N3O/c1-16-9-8-15-13(16)12(17)7-6-10-4-2-3-5-11(10)14/h2-5,8-9H,6-7,14H2,1H3. The van der Waals surface area contributed by atoms with Gasteiger partial charge in [0.1, 0.15) is 0 Å². The highest BCUT2D eigenvalue weighted by Gasteiger charge is 2.11. The molecule has 4 heteroatoms. The lowest BCUT2D eigenvalue weighted by atomic mass is 10.1. The van der Waals surface area contributed by atoms with Crippen LogP contribution in [0, 0.1) is 0 Å². The van der Waals surface area contributed by atoms with Crippen LogP contribution in [0.5, 0.6) is 0 Å². The first-order valence-electron chi connectivity index (χ1n) is 5.52. The monoisotopic (exact) mass is 229 g/mol. The minimum absolute atomic E-state index is 0.0424. The van der Waals surface area contributed by atoms with E-state index in [9.17, 15) is 4.79 Å². The number of hydrogen-bond acceptors (Lipinski definition) is 3. The van der Waals surface area contributed by atoms with Crippen LogP contribution in [0.15, 0.2) is 36.7 Å². The Labute approximate surface area is 100 Å². The van der Waals surface area contributed by atoms with Gasteiger partial charge in [0.15, 0.2) is 11.6 Å². The molecule has 0 aliphatic rings. The van der Waals surface area contributed by atoms with Gasteiger partial charge in [0, 0.05) is 31.5 Å². The lowest BCUT2D eigenvalue weighted by Crippen LogP contribution is -2.08. The number of nitrogens with two attached hydrogens (primary N) is 1. The van der Waals surface area contributed by atoms with Crippen LogP contribution < -0.4 is 5.73 Å². The van der Waals surface area contributed by atoms with Crippen LogP contribution in [0.2, 0.25) is 0 Å². The molecule has 1 aromatic carbocycles. The van der Waals surface area contributed by atoms with E-state index in [2.05, 4.69) is 4.98 Å². The van der Waals surface area contributed by atoms with E-state index < -0.39 is 0 Å². The molecule has 2 N–H and O–H groups in total. The number of imidazole rings is 1. The molecule has 0 bridgehead atoms. The van der Waals surface area contributed by atoms with Gasteiger partial charge in [0.2, 0.25) is 0 Å². The van der Waals surface area contributed by atoms with Gasteiger partial charge in [-0.1, -0.05) is 18.2 Å². The van der Waals surface area contributed by atoms with E-state index in [-0.39, 0.29) is 5.78 Å². The minimum Gasteiger partial charge on any atom is -0.399 e. The first-order valence-corrected chi connectivity index (χ1v) is 5.52. The molecule has 0 unspecified atom stereocenters. The molecule has 2 rings (SSSR count). The Morgan fingerprint density at radius 3 is 2.82 bits per heavy atom. The number of carbonyl (C=O) groups excluding carboxylic acids is 1. The number of ketones is 1. The number of nitrogens with zero attached hydrogens (tertiary/aromatic N) is 2. The fourth-order valence-corrected chi connectivity index (χ4v) is 1.76. The summed E-state index contributed by atoms with van der Waals surface area (Å²) in [6, 6.07) is 7.61. The number of carbonyl (C=O) groups is 1. The van der Waals surface area contributed by atoms with Crippen molar-refractivity contribution in [3.8, 4) is 0 Å². The number of nitrogen functional groups attached to an aromatic ring is 1. The van der Waals surface area contributed by atoms with Crippen molar-refractivity contribution in [2.24, 2.45) is 7.05 Å². The summed E-state index contributed by atoms with van der Waals surface area (Å²) in [6.45, 7) is 0. The predicted octanol–water partition coefficient (Wildman–Crippen LogP) is 1.82. The van der Waals surface area contributed by atoms with Crippen LogP contribution in [0.3, 0.4) is 0 Å². The van der Waals surface area contributed by atoms with Crippen molar-refractivity contribution < 1.29 is 4.79 Å². The van der Waals surface area contributed by atoms with Gasteiger partial charge in [-0.2, -0.15) is 0 Å². The largest absolute Gasteiger partial charge is 0.399 e. The molecule has 0 aliphatic carbocycles. The third-order valence-corrected chi connectivity index (χ3v) is 2.75. The molecule has 0 atom stereocenters. The molecule has 1 heterocycles. The number of hydrogen-bond donors (Lipinski definition) is 1. The number of aromatic nitrogens is 2. The summed E-state index contributed by atoms with van der Waals surface area (Å²) in [4.78, 5) is 15.9. The highest BCUT2D eigenvalue weighted by Crippen LogP contribution is 2.13. The van der Waals surface area contributed by atoms with E-state index in [0.717, 1.165) is 11.3 Å². The van der Waals surface area contributed by atoms with Gasteiger partial charge in [0.05, 0.1) is 0 Å². The van der Waals surface area contributed by atoms with E-state index in [1.54, 1.807) is 17.0 Å². The summed E-state index contributed by atoms with van der Waals surface area (Å²) >= 11 is 0. The summed E-state index contributed by atoms with van der Waals surface area (Å²) in [5.41, 5.74) is 7.57. The minimum atomic E-state index is 0.0424. The third kappa shape index (κ3) is 2.53. The Morgan fingerprint density at radius 2 is 2.18 bits per heavy atom. The van der Waals surface area contributed by atoms with Gasteiger partial charge in [-0.25, -0.2) is 4.98 Å². The second kappa shape index (κ2) is 4.82. The second-order valence-corrected chi connectivity index (χ2v) is 3.98.